The SMILES string of the molecule is CC(/C=C(\C)Nc1c(C(C)C)cccc1C(C)C)=NCCN1CCCCC1. The molecule has 0 radical (unpaired) electrons. The van der Waals surface area contributed by atoms with Crippen LogP contribution in [0.2, 0.25) is 0 Å². The molecule has 1 saturated heterocycles. The maximum atomic E-state index is 4.77. The van der Waals surface area contributed by atoms with E-state index in [4.69, 9.17) is 4.99 Å². The zero-order chi connectivity index (χ0) is 19.8. The van der Waals surface area contributed by atoms with Crippen molar-refractivity contribution < 1.29 is 0 Å². The second-order valence-electron chi connectivity index (χ2n) is 8.50. The monoisotopic (exact) mass is 369 g/mol. The Hall–Kier alpha value is -1.61. The lowest BCUT2D eigenvalue weighted by molar-refractivity contribution is 0.235. The quantitative estimate of drug-likeness (QED) is 0.553. The van der Waals surface area contributed by atoms with E-state index < -0.39 is 0 Å². The van der Waals surface area contributed by atoms with Crippen LogP contribution in [-0.2, 0) is 0 Å². The Kier molecular flexibility index (Phi) is 8.56. The van der Waals surface area contributed by atoms with Gasteiger partial charge >= 0.3 is 0 Å². The predicted molar refractivity (Wildman–Crippen MR) is 120 cm³/mol. The molecule has 0 bridgehead atoms. The second-order valence-corrected chi connectivity index (χ2v) is 8.50. The lowest BCUT2D eigenvalue weighted by Crippen LogP contribution is -2.31. The maximum Gasteiger partial charge on any atom is 0.0519 e. The Morgan fingerprint density at radius 2 is 1.63 bits per heavy atom. The average molecular weight is 370 g/mol. The van der Waals surface area contributed by atoms with Crippen LogP contribution in [0.15, 0.2) is 35.0 Å². The van der Waals surface area contributed by atoms with E-state index in [2.05, 4.69) is 76.0 Å². The summed E-state index contributed by atoms with van der Waals surface area (Å²) < 4.78 is 0. The van der Waals surface area contributed by atoms with Gasteiger partial charge in [-0.05, 0) is 68.8 Å². The molecule has 1 fully saturated rings. The molecule has 3 heteroatoms. The summed E-state index contributed by atoms with van der Waals surface area (Å²) in [5, 5.41) is 3.68. The topological polar surface area (TPSA) is 27.6 Å². The summed E-state index contributed by atoms with van der Waals surface area (Å²) in [5.41, 5.74) is 6.30. The van der Waals surface area contributed by atoms with Gasteiger partial charge < -0.3 is 10.2 Å². The standard InChI is InChI=1S/C24H39N3/c1-18(2)22-11-10-12-23(19(3)4)24(22)26-21(6)17-20(5)25-13-16-27-14-8-7-9-15-27/h10-12,17-19,26H,7-9,13-16H2,1-6H3/b21-17+,25-20?. The fraction of sp³-hybridized carbons (Fsp3) is 0.625. The molecule has 0 saturated carbocycles. The lowest BCUT2D eigenvalue weighted by atomic mass is 9.92. The van der Waals surface area contributed by atoms with Crippen molar-refractivity contribution in [2.45, 2.75) is 72.6 Å². The van der Waals surface area contributed by atoms with Crippen molar-refractivity contribution in [3.63, 3.8) is 0 Å². The summed E-state index contributed by atoms with van der Waals surface area (Å²) in [6.07, 6.45) is 6.26. The molecular weight excluding hydrogens is 330 g/mol. The van der Waals surface area contributed by atoms with Crippen molar-refractivity contribution >= 4 is 11.4 Å². The molecule has 0 aliphatic carbocycles. The molecule has 1 aliphatic rings. The first-order valence-electron chi connectivity index (χ1n) is 10.7. The van der Waals surface area contributed by atoms with Crippen molar-refractivity contribution in [3.8, 4) is 0 Å². The Bertz CT molecular complexity index is 623. The molecule has 150 valence electrons. The van der Waals surface area contributed by atoms with Crippen LogP contribution in [-0.4, -0.2) is 36.8 Å². The number of aliphatic imine (C=N–C) groups is 1. The molecule has 2 rings (SSSR count). The van der Waals surface area contributed by atoms with E-state index in [0.717, 1.165) is 24.5 Å². The zero-order valence-electron chi connectivity index (χ0n) is 18.3. The minimum absolute atomic E-state index is 0.498. The smallest absolute Gasteiger partial charge is 0.0519 e. The highest BCUT2D eigenvalue weighted by molar-refractivity contribution is 5.93. The van der Waals surface area contributed by atoms with E-state index in [1.54, 1.807) is 0 Å². The van der Waals surface area contributed by atoms with Gasteiger partial charge in [-0.15, -0.1) is 0 Å². The highest BCUT2D eigenvalue weighted by atomic mass is 15.1. The molecule has 1 N–H and O–H groups in total. The number of benzene rings is 1. The van der Waals surface area contributed by atoms with Gasteiger partial charge in [0.2, 0.25) is 0 Å². The summed E-state index contributed by atoms with van der Waals surface area (Å²) in [6, 6.07) is 6.67. The van der Waals surface area contributed by atoms with Gasteiger partial charge in [0.25, 0.3) is 0 Å². The van der Waals surface area contributed by atoms with Crippen molar-refractivity contribution in [3.05, 3.63) is 41.1 Å². The molecule has 0 amide bonds. The van der Waals surface area contributed by atoms with E-state index in [-0.39, 0.29) is 0 Å². The van der Waals surface area contributed by atoms with Gasteiger partial charge in [0.15, 0.2) is 0 Å². The number of allylic oxidation sites excluding steroid dienone is 2. The average Bonchev–Trinajstić information content (AvgIpc) is 2.62. The van der Waals surface area contributed by atoms with Crippen LogP contribution in [0.1, 0.15) is 83.8 Å². The van der Waals surface area contributed by atoms with E-state index in [1.165, 1.54) is 49.2 Å². The van der Waals surface area contributed by atoms with Gasteiger partial charge in [-0.3, -0.25) is 4.99 Å². The first kappa shape index (κ1) is 21.7. The molecule has 0 unspecified atom stereocenters. The number of para-hydroxylation sites is 1. The molecule has 0 atom stereocenters. The van der Waals surface area contributed by atoms with E-state index in [9.17, 15) is 0 Å². The molecule has 1 heterocycles. The zero-order valence-corrected chi connectivity index (χ0v) is 18.3. The maximum absolute atomic E-state index is 4.77. The molecule has 0 spiro atoms. The Morgan fingerprint density at radius 1 is 1.04 bits per heavy atom. The molecule has 1 aliphatic heterocycles. The van der Waals surface area contributed by atoms with Crippen molar-refractivity contribution in [2.24, 2.45) is 4.99 Å². The number of nitrogens with zero attached hydrogens (tertiary/aromatic N) is 2. The number of rotatable bonds is 8. The Morgan fingerprint density at radius 3 is 2.19 bits per heavy atom. The first-order valence-corrected chi connectivity index (χ1v) is 10.7. The fourth-order valence-electron chi connectivity index (χ4n) is 3.84. The molecular formula is C24H39N3. The fourth-order valence-corrected chi connectivity index (χ4v) is 3.84. The van der Waals surface area contributed by atoms with Crippen LogP contribution in [0.4, 0.5) is 5.69 Å². The minimum atomic E-state index is 0.498. The number of likely N-dealkylation sites (tertiary alicyclic amines) is 1. The number of hydrogen-bond donors (Lipinski definition) is 1. The van der Waals surface area contributed by atoms with E-state index in [1.807, 2.05) is 0 Å². The van der Waals surface area contributed by atoms with Crippen LogP contribution in [0.5, 0.6) is 0 Å². The van der Waals surface area contributed by atoms with Crippen LogP contribution < -0.4 is 5.32 Å². The first-order chi connectivity index (χ1) is 12.9. The molecule has 3 nitrogen and oxygen atoms in total. The largest absolute Gasteiger partial charge is 0.359 e. The lowest BCUT2D eigenvalue weighted by Gasteiger charge is -2.25. The van der Waals surface area contributed by atoms with Crippen LogP contribution in [0.25, 0.3) is 0 Å². The highest BCUT2D eigenvalue weighted by Gasteiger charge is 2.13. The van der Waals surface area contributed by atoms with Crippen LogP contribution in [0, 0.1) is 0 Å². The van der Waals surface area contributed by atoms with Crippen molar-refractivity contribution in [2.75, 3.05) is 31.5 Å². The minimum Gasteiger partial charge on any atom is -0.359 e. The molecule has 0 aromatic heterocycles. The third-order valence-corrected chi connectivity index (χ3v) is 5.35. The van der Waals surface area contributed by atoms with Crippen LogP contribution >= 0.6 is 0 Å². The molecule has 1 aromatic carbocycles. The number of nitrogens with one attached hydrogen (secondary N) is 1. The summed E-state index contributed by atoms with van der Waals surface area (Å²) >= 11 is 0. The summed E-state index contributed by atoms with van der Waals surface area (Å²) in [4.78, 5) is 7.32. The van der Waals surface area contributed by atoms with Crippen molar-refractivity contribution in [1.82, 2.24) is 4.90 Å². The summed E-state index contributed by atoms with van der Waals surface area (Å²) in [7, 11) is 0. The van der Waals surface area contributed by atoms with Gasteiger partial charge in [0, 0.05) is 23.6 Å². The normalized spacial score (nSPS) is 17.0. The number of piperidine rings is 1. The number of hydrogen-bond acceptors (Lipinski definition) is 3. The van der Waals surface area contributed by atoms with Gasteiger partial charge in [0.1, 0.15) is 0 Å². The third kappa shape index (κ3) is 6.80. The van der Waals surface area contributed by atoms with Gasteiger partial charge in [0.05, 0.1) is 6.54 Å². The summed E-state index contributed by atoms with van der Waals surface area (Å²) in [6.45, 7) is 17.8. The molecule has 1 aromatic rings. The van der Waals surface area contributed by atoms with Gasteiger partial charge in [-0.2, -0.15) is 0 Å². The van der Waals surface area contributed by atoms with E-state index >= 15 is 0 Å². The number of anilines is 1. The Balaban J connectivity index is 2.04. The highest BCUT2D eigenvalue weighted by Crippen LogP contribution is 2.33. The van der Waals surface area contributed by atoms with Gasteiger partial charge in [-0.1, -0.05) is 52.3 Å². The Labute approximate surface area is 167 Å². The summed E-state index contributed by atoms with van der Waals surface area (Å²) in [5.74, 6) is 0.997. The predicted octanol–water partition coefficient (Wildman–Crippen LogP) is 6.20. The second kappa shape index (κ2) is 10.7. The molecule has 27 heavy (non-hydrogen) atoms. The van der Waals surface area contributed by atoms with Crippen LogP contribution in [0.3, 0.4) is 0 Å². The van der Waals surface area contributed by atoms with Gasteiger partial charge in [-0.25, -0.2) is 0 Å². The van der Waals surface area contributed by atoms with Crippen molar-refractivity contribution in [1.29, 1.82) is 0 Å². The third-order valence-electron chi connectivity index (χ3n) is 5.35. The van der Waals surface area contributed by atoms with E-state index in [0.29, 0.717) is 11.8 Å².